The summed E-state index contributed by atoms with van der Waals surface area (Å²) in [7, 11) is 0. The molecule has 1 aliphatic rings. The summed E-state index contributed by atoms with van der Waals surface area (Å²) in [6, 6.07) is 2.15. The van der Waals surface area contributed by atoms with Gasteiger partial charge in [-0.3, -0.25) is 0 Å². The lowest BCUT2D eigenvalue weighted by atomic mass is 9.98. The number of nitrogens with one attached hydrogen (secondary N) is 1. The van der Waals surface area contributed by atoms with E-state index in [0.717, 1.165) is 18.9 Å². The lowest BCUT2D eigenvalue weighted by Crippen LogP contribution is -2.19. The summed E-state index contributed by atoms with van der Waals surface area (Å²) in [6.07, 6.45) is 6.23. The number of benzene rings is 1. The van der Waals surface area contributed by atoms with Gasteiger partial charge >= 0.3 is 0 Å². The second-order valence-corrected chi connectivity index (χ2v) is 5.88. The van der Waals surface area contributed by atoms with Gasteiger partial charge in [-0.25, -0.2) is 8.78 Å². The topological polar surface area (TPSA) is 29.9 Å². The lowest BCUT2D eigenvalue weighted by molar-refractivity contribution is 0.0243. The van der Waals surface area contributed by atoms with Crippen LogP contribution in [0.1, 0.15) is 32.1 Å². The number of hydrogen-bond acceptors (Lipinski definition) is 2. The summed E-state index contributed by atoms with van der Waals surface area (Å²) >= 11 is 5.19. The molecular formula is C15H18F2N2OS. The quantitative estimate of drug-likeness (QED) is 0.852. The first kappa shape index (κ1) is 14.7. The maximum absolute atomic E-state index is 13.7. The van der Waals surface area contributed by atoms with Crippen LogP contribution < -0.4 is 0 Å². The van der Waals surface area contributed by atoms with Crippen molar-refractivity contribution in [3.05, 3.63) is 28.5 Å². The summed E-state index contributed by atoms with van der Waals surface area (Å²) in [4.78, 5) is 2.79. The zero-order chi connectivity index (χ0) is 14.8. The van der Waals surface area contributed by atoms with Crippen molar-refractivity contribution in [2.45, 2.75) is 44.8 Å². The molecule has 1 fully saturated rings. The fourth-order valence-electron chi connectivity index (χ4n) is 2.94. The molecule has 1 aromatic heterocycles. The molecule has 3 rings (SSSR count). The van der Waals surface area contributed by atoms with Crippen molar-refractivity contribution in [1.82, 2.24) is 9.55 Å². The van der Waals surface area contributed by atoms with Crippen molar-refractivity contribution in [1.29, 1.82) is 0 Å². The molecule has 0 unspecified atom stereocenters. The van der Waals surface area contributed by atoms with Gasteiger partial charge in [0, 0.05) is 12.6 Å². The molecule has 1 heterocycles. The molecule has 1 N–H and O–H groups in total. The Morgan fingerprint density at radius 2 is 2.00 bits per heavy atom. The van der Waals surface area contributed by atoms with Crippen LogP contribution in [0.4, 0.5) is 8.78 Å². The van der Waals surface area contributed by atoms with E-state index in [1.54, 1.807) is 4.57 Å². The number of aromatic nitrogens is 2. The molecule has 0 bridgehead atoms. The van der Waals surface area contributed by atoms with Gasteiger partial charge in [0.1, 0.15) is 11.3 Å². The summed E-state index contributed by atoms with van der Waals surface area (Å²) in [5.74, 6) is -1.22. The van der Waals surface area contributed by atoms with Crippen LogP contribution in [-0.2, 0) is 11.3 Å². The van der Waals surface area contributed by atoms with Crippen molar-refractivity contribution in [3.8, 4) is 0 Å². The first-order chi connectivity index (χ1) is 10.1. The third-order valence-corrected chi connectivity index (χ3v) is 4.35. The molecule has 2 aromatic rings. The van der Waals surface area contributed by atoms with Crippen LogP contribution in [0.2, 0.25) is 0 Å². The molecule has 21 heavy (non-hydrogen) atoms. The Labute approximate surface area is 126 Å². The zero-order valence-electron chi connectivity index (χ0n) is 11.7. The molecular weight excluding hydrogens is 294 g/mol. The number of H-pyrrole nitrogens is 1. The Morgan fingerprint density at radius 1 is 1.24 bits per heavy atom. The summed E-state index contributed by atoms with van der Waals surface area (Å²) in [5, 5.41) is 0. The largest absolute Gasteiger partial charge is 0.376 e. The van der Waals surface area contributed by atoms with Gasteiger partial charge in [-0.05, 0) is 31.1 Å². The van der Waals surface area contributed by atoms with Gasteiger partial charge in [-0.1, -0.05) is 19.3 Å². The van der Waals surface area contributed by atoms with Gasteiger partial charge in [0.15, 0.2) is 10.6 Å². The van der Waals surface area contributed by atoms with Gasteiger partial charge < -0.3 is 14.3 Å². The fraction of sp³-hybridized carbons (Fsp3) is 0.533. The van der Waals surface area contributed by atoms with Crippen LogP contribution in [0.25, 0.3) is 11.0 Å². The van der Waals surface area contributed by atoms with E-state index in [-0.39, 0.29) is 5.52 Å². The first-order valence-electron chi connectivity index (χ1n) is 7.34. The normalized spacial score (nSPS) is 16.7. The number of nitrogens with zero attached hydrogens (tertiary/aromatic N) is 1. The van der Waals surface area contributed by atoms with Crippen molar-refractivity contribution >= 4 is 23.3 Å². The molecule has 0 atom stereocenters. The number of rotatable bonds is 4. The third-order valence-electron chi connectivity index (χ3n) is 4.02. The van der Waals surface area contributed by atoms with Crippen LogP contribution in [-0.4, -0.2) is 22.3 Å². The average molecular weight is 312 g/mol. The highest BCUT2D eigenvalue weighted by Gasteiger charge is 2.14. The van der Waals surface area contributed by atoms with Crippen molar-refractivity contribution in [3.63, 3.8) is 0 Å². The molecule has 1 saturated carbocycles. The molecule has 1 aliphatic carbocycles. The Kier molecular flexibility index (Phi) is 4.35. The maximum atomic E-state index is 13.7. The number of aromatic amines is 1. The molecule has 6 heteroatoms. The minimum atomic E-state index is -0.622. The number of fused-ring (bicyclic) bond motifs is 1. The minimum Gasteiger partial charge on any atom is -0.376 e. The van der Waals surface area contributed by atoms with Crippen LogP contribution in [0.5, 0.6) is 0 Å². The van der Waals surface area contributed by atoms with E-state index in [2.05, 4.69) is 4.98 Å². The summed E-state index contributed by atoms with van der Waals surface area (Å²) in [5.41, 5.74) is 0.698. The van der Waals surface area contributed by atoms with E-state index in [1.165, 1.54) is 25.3 Å². The smallest absolute Gasteiger partial charge is 0.178 e. The highest BCUT2D eigenvalue weighted by molar-refractivity contribution is 7.71. The van der Waals surface area contributed by atoms with E-state index in [0.29, 0.717) is 29.5 Å². The molecule has 114 valence electrons. The second kappa shape index (κ2) is 6.23. The van der Waals surface area contributed by atoms with E-state index in [1.807, 2.05) is 0 Å². The van der Waals surface area contributed by atoms with Crippen LogP contribution in [0.3, 0.4) is 0 Å². The standard InChI is InChI=1S/C15H18F2N2OS/c16-10-8-12(17)14-13(9-10)19(15(21)18-14)6-7-20-11-4-2-1-3-5-11/h8-9,11H,1-7H2,(H,18,21). The predicted octanol–water partition coefficient (Wildman–Crippen LogP) is 4.33. The molecule has 0 aliphatic heterocycles. The molecule has 0 spiro atoms. The highest BCUT2D eigenvalue weighted by Crippen LogP contribution is 2.22. The predicted molar refractivity (Wildman–Crippen MR) is 79.9 cm³/mol. The first-order valence-corrected chi connectivity index (χ1v) is 7.75. The highest BCUT2D eigenvalue weighted by atomic mass is 32.1. The number of hydrogen-bond donors (Lipinski definition) is 1. The minimum absolute atomic E-state index is 0.249. The zero-order valence-corrected chi connectivity index (χ0v) is 12.5. The summed E-state index contributed by atoms with van der Waals surface area (Å²) in [6.45, 7) is 1.00. The van der Waals surface area contributed by atoms with E-state index >= 15 is 0 Å². The van der Waals surface area contributed by atoms with Crippen LogP contribution in [0.15, 0.2) is 12.1 Å². The third kappa shape index (κ3) is 3.16. The van der Waals surface area contributed by atoms with E-state index < -0.39 is 11.6 Å². The molecule has 0 amide bonds. The SMILES string of the molecule is Fc1cc(F)c2[nH]c(=S)n(CCOC3CCCCC3)c2c1. The van der Waals surface area contributed by atoms with Gasteiger partial charge in [0.2, 0.25) is 0 Å². The fourth-order valence-corrected chi connectivity index (χ4v) is 3.24. The Balaban J connectivity index is 1.74. The van der Waals surface area contributed by atoms with Crippen molar-refractivity contribution < 1.29 is 13.5 Å². The number of ether oxygens (including phenoxy) is 1. The number of imidazole rings is 1. The van der Waals surface area contributed by atoms with Crippen molar-refractivity contribution in [2.24, 2.45) is 0 Å². The van der Waals surface area contributed by atoms with Gasteiger partial charge in [-0.15, -0.1) is 0 Å². The second-order valence-electron chi connectivity index (χ2n) is 5.49. The van der Waals surface area contributed by atoms with Gasteiger partial charge in [0.05, 0.1) is 18.2 Å². The Bertz CT molecular complexity index is 689. The lowest BCUT2D eigenvalue weighted by Gasteiger charge is -2.22. The molecule has 0 radical (unpaired) electrons. The van der Waals surface area contributed by atoms with E-state index in [4.69, 9.17) is 17.0 Å². The molecule has 1 aromatic carbocycles. The summed E-state index contributed by atoms with van der Waals surface area (Å²) < 4.78 is 35.0. The molecule has 0 saturated heterocycles. The van der Waals surface area contributed by atoms with Crippen LogP contribution >= 0.6 is 12.2 Å². The van der Waals surface area contributed by atoms with Crippen molar-refractivity contribution in [2.75, 3.05) is 6.61 Å². The van der Waals surface area contributed by atoms with Gasteiger partial charge in [0.25, 0.3) is 0 Å². The van der Waals surface area contributed by atoms with Crippen LogP contribution in [0, 0.1) is 16.4 Å². The molecule has 3 nitrogen and oxygen atoms in total. The van der Waals surface area contributed by atoms with Gasteiger partial charge in [-0.2, -0.15) is 0 Å². The van der Waals surface area contributed by atoms with E-state index in [9.17, 15) is 8.78 Å². The Morgan fingerprint density at radius 3 is 2.76 bits per heavy atom. The monoisotopic (exact) mass is 312 g/mol. The number of halogens is 2. The Hall–Kier alpha value is -1.27. The average Bonchev–Trinajstić information content (AvgIpc) is 2.77. The maximum Gasteiger partial charge on any atom is 0.178 e.